The van der Waals surface area contributed by atoms with Gasteiger partial charge >= 0.3 is 6.03 Å². The number of nitrogens with zero attached hydrogens (tertiary/aromatic N) is 2. The normalized spacial score (nSPS) is 11.6. The van der Waals surface area contributed by atoms with Crippen LogP contribution in [-0.4, -0.2) is 35.8 Å². The fourth-order valence-electron chi connectivity index (χ4n) is 2.84. The lowest BCUT2D eigenvalue weighted by molar-refractivity contribution is 0.233. The predicted octanol–water partition coefficient (Wildman–Crippen LogP) is 3.04. The van der Waals surface area contributed by atoms with Crippen molar-refractivity contribution >= 4 is 6.03 Å². The third-order valence-electron chi connectivity index (χ3n) is 4.30. The number of hydrogen-bond donors (Lipinski definition) is 2. The number of carbonyl (C=O) groups excluding carboxylic acids is 1. The number of halogens is 1. The molecule has 1 aromatic heterocycles. The van der Waals surface area contributed by atoms with Crippen molar-refractivity contribution in [2.24, 2.45) is 7.05 Å². The molecule has 3 rings (SSSR count). The molecule has 0 aliphatic carbocycles. The van der Waals surface area contributed by atoms with Gasteiger partial charge in [-0.2, -0.15) is 0 Å². The smallest absolute Gasteiger partial charge is 0.315 e. The lowest BCUT2D eigenvalue weighted by Gasteiger charge is -2.20. The van der Waals surface area contributed by atoms with Crippen LogP contribution in [0.15, 0.2) is 60.9 Å². The number of urea groups is 1. The molecule has 7 nitrogen and oxygen atoms in total. The molecule has 2 amide bonds. The van der Waals surface area contributed by atoms with Crippen LogP contribution in [-0.2, 0) is 7.05 Å². The van der Waals surface area contributed by atoms with Crippen LogP contribution in [0.25, 0.3) is 0 Å². The first-order valence-electron chi connectivity index (χ1n) is 9.11. The molecule has 0 radical (unpaired) electrons. The minimum Gasteiger partial charge on any atom is -0.497 e. The summed E-state index contributed by atoms with van der Waals surface area (Å²) in [5.74, 6) is 1.07. The molecule has 0 unspecified atom stereocenters. The lowest BCUT2D eigenvalue weighted by atomic mass is 10.1. The van der Waals surface area contributed by atoms with Crippen molar-refractivity contribution in [3.05, 3.63) is 78.1 Å². The summed E-state index contributed by atoms with van der Waals surface area (Å²) in [6.07, 6.45) is 3.48. The maximum Gasteiger partial charge on any atom is 0.315 e. The van der Waals surface area contributed by atoms with Crippen LogP contribution < -0.4 is 20.1 Å². The van der Waals surface area contributed by atoms with Gasteiger partial charge in [-0.05, 0) is 29.8 Å². The largest absolute Gasteiger partial charge is 0.497 e. The standard InChI is InChI=1S/C21H23FN4O3/c1-26-12-10-23-20(26)19(15-6-5-7-16(14-15)28-2)25-21(27)24-11-13-29-18-9-4-3-8-17(18)22/h3-10,12,14,19H,11,13H2,1-2H3,(H2,24,25,27)/t19-/m0/s1. The maximum atomic E-state index is 13.5. The van der Waals surface area contributed by atoms with E-state index in [-0.39, 0.29) is 18.9 Å². The Hall–Kier alpha value is -3.55. The van der Waals surface area contributed by atoms with E-state index in [1.807, 2.05) is 42.1 Å². The van der Waals surface area contributed by atoms with Gasteiger partial charge in [0, 0.05) is 19.4 Å². The highest BCUT2D eigenvalue weighted by molar-refractivity contribution is 5.74. The van der Waals surface area contributed by atoms with E-state index < -0.39 is 17.9 Å². The Morgan fingerprint density at radius 3 is 2.79 bits per heavy atom. The van der Waals surface area contributed by atoms with Gasteiger partial charge in [-0.15, -0.1) is 0 Å². The van der Waals surface area contributed by atoms with Crippen molar-refractivity contribution in [1.29, 1.82) is 0 Å². The Balaban J connectivity index is 1.62. The summed E-state index contributed by atoms with van der Waals surface area (Å²) in [6, 6.07) is 12.7. The van der Waals surface area contributed by atoms with Crippen LogP contribution >= 0.6 is 0 Å². The molecule has 0 fully saturated rings. The zero-order valence-electron chi connectivity index (χ0n) is 16.3. The van der Waals surface area contributed by atoms with Crippen molar-refractivity contribution in [2.45, 2.75) is 6.04 Å². The average molecular weight is 398 g/mol. The second kappa shape index (κ2) is 9.59. The first kappa shape index (κ1) is 20.2. The van der Waals surface area contributed by atoms with E-state index in [9.17, 15) is 9.18 Å². The molecule has 2 N–H and O–H groups in total. The number of amides is 2. The molecule has 0 aliphatic heterocycles. The minimum absolute atomic E-state index is 0.139. The molecule has 0 saturated carbocycles. The molecule has 1 heterocycles. The minimum atomic E-state index is -0.474. The number of para-hydroxylation sites is 1. The van der Waals surface area contributed by atoms with E-state index >= 15 is 0 Å². The molecular formula is C21H23FN4O3. The van der Waals surface area contributed by atoms with Gasteiger partial charge in [0.15, 0.2) is 11.6 Å². The molecule has 0 saturated heterocycles. The molecule has 2 aromatic carbocycles. The highest BCUT2D eigenvalue weighted by Crippen LogP contribution is 2.24. The maximum absolute atomic E-state index is 13.5. The number of aromatic nitrogens is 2. The molecule has 0 aliphatic rings. The molecular weight excluding hydrogens is 375 g/mol. The zero-order chi connectivity index (χ0) is 20.6. The summed E-state index contributed by atoms with van der Waals surface area (Å²) in [6.45, 7) is 0.353. The van der Waals surface area contributed by atoms with Crippen molar-refractivity contribution in [1.82, 2.24) is 20.2 Å². The van der Waals surface area contributed by atoms with Gasteiger partial charge < -0.3 is 24.7 Å². The second-order valence-corrected chi connectivity index (χ2v) is 6.29. The van der Waals surface area contributed by atoms with Gasteiger partial charge in [0.25, 0.3) is 0 Å². The number of nitrogens with one attached hydrogen (secondary N) is 2. The Kier molecular flexibility index (Phi) is 6.67. The first-order valence-corrected chi connectivity index (χ1v) is 9.11. The van der Waals surface area contributed by atoms with E-state index in [1.54, 1.807) is 25.4 Å². The van der Waals surface area contributed by atoms with Crippen LogP contribution in [0, 0.1) is 5.82 Å². The third kappa shape index (κ3) is 5.25. The van der Waals surface area contributed by atoms with Gasteiger partial charge in [-0.1, -0.05) is 24.3 Å². The van der Waals surface area contributed by atoms with Crippen molar-refractivity contribution in [2.75, 3.05) is 20.3 Å². The number of hydrogen-bond acceptors (Lipinski definition) is 4. The van der Waals surface area contributed by atoms with Gasteiger partial charge in [-0.3, -0.25) is 0 Å². The molecule has 152 valence electrons. The van der Waals surface area contributed by atoms with E-state index in [0.717, 1.165) is 5.56 Å². The van der Waals surface area contributed by atoms with Crippen LogP contribution in [0.1, 0.15) is 17.4 Å². The van der Waals surface area contributed by atoms with E-state index in [2.05, 4.69) is 15.6 Å². The number of imidazole rings is 1. The summed E-state index contributed by atoms with van der Waals surface area (Å²) in [4.78, 5) is 16.8. The first-order chi connectivity index (χ1) is 14.1. The summed E-state index contributed by atoms with van der Waals surface area (Å²) >= 11 is 0. The van der Waals surface area contributed by atoms with Crippen molar-refractivity contribution in [3.63, 3.8) is 0 Å². The summed E-state index contributed by atoms with van der Waals surface area (Å²) in [5, 5.41) is 5.64. The Labute approximate surface area is 168 Å². The van der Waals surface area contributed by atoms with Crippen LogP contribution in [0.4, 0.5) is 9.18 Å². The Bertz CT molecular complexity index is 960. The number of aryl methyl sites for hydroxylation is 1. The van der Waals surface area contributed by atoms with Crippen LogP contribution in [0.3, 0.4) is 0 Å². The molecule has 29 heavy (non-hydrogen) atoms. The number of methoxy groups -OCH3 is 1. The van der Waals surface area contributed by atoms with E-state index in [4.69, 9.17) is 9.47 Å². The Morgan fingerprint density at radius 1 is 1.24 bits per heavy atom. The fourth-order valence-corrected chi connectivity index (χ4v) is 2.84. The fraction of sp³-hybridized carbons (Fsp3) is 0.238. The van der Waals surface area contributed by atoms with Crippen LogP contribution in [0.2, 0.25) is 0 Å². The monoisotopic (exact) mass is 398 g/mol. The molecule has 1 atom stereocenters. The number of rotatable bonds is 8. The van der Waals surface area contributed by atoms with Crippen LogP contribution in [0.5, 0.6) is 11.5 Å². The Morgan fingerprint density at radius 2 is 2.07 bits per heavy atom. The van der Waals surface area contributed by atoms with Crippen molar-refractivity contribution in [3.8, 4) is 11.5 Å². The highest BCUT2D eigenvalue weighted by Gasteiger charge is 2.21. The molecule has 8 heteroatoms. The third-order valence-corrected chi connectivity index (χ3v) is 4.30. The van der Waals surface area contributed by atoms with Gasteiger partial charge in [0.1, 0.15) is 24.2 Å². The number of carbonyl (C=O) groups is 1. The van der Waals surface area contributed by atoms with Gasteiger partial charge in [0.2, 0.25) is 0 Å². The van der Waals surface area contributed by atoms with E-state index in [1.165, 1.54) is 12.1 Å². The highest BCUT2D eigenvalue weighted by atomic mass is 19.1. The van der Waals surface area contributed by atoms with Crippen molar-refractivity contribution < 1.29 is 18.7 Å². The quantitative estimate of drug-likeness (QED) is 0.572. The second-order valence-electron chi connectivity index (χ2n) is 6.29. The summed E-state index contributed by atoms with van der Waals surface area (Å²) in [5.41, 5.74) is 0.830. The number of benzene rings is 2. The molecule has 0 bridgehead atoms. The van der Waals surface area contributed by atoms with Gasteiger partial charge in [-0.25, -0.2) is 14.2 Å². The SMILES string of the molecule is COc1cccc([C@H](NC(=O)NCCOc2ccccc2F)c2nccn2C)c1. The summed E-state index contributed by atoms with van der Waals surface area (Å²) < 4.78 is 26.0. The zero-order valence-corrected chi connectivity index (χ0v) is 16.3. The number of ether oxygens (including phenoxy) is 2. The lowest BCUT2D eigenvalue weighted by Crippen LogP contribution is -2.40. The average Bonchev–Trinajstić information content (AvgIpc) is 3.16. The van der Waals surface area contributed by atoms with Gasteiger partial charge in [0.05, 0.1) is 13.7 Å². The molecule has 0 spiro atoms. The topological polar surface area (TPSA) is 77.4 Å². The summed E-state index contributed by atoms with van der Waals surface area (Å²) in [7, 11) is 3.45. The van der Waals surface area contributed by atoms with E-state index in [0.29, 0.717) is 11.6 Å². The molecule has 3 aromatic rings. The predicted molar refractivity (Wildman–Crippen MR) is 106 cm³/mol.